The molecule has 0 amide bonds. The van der Waals surface area contributed by atoms with Crippen molar-refractivity contribution in [2.24, 2.45) is 0 Å². The van der Waals surface area contributed by atoms with Crippen molar-refractivity contribution in [3.63, 3.8) is 0 Å². The van der Waals surface area contributed by atoms with Gasteiger partial charge >= 0.3 is 7.82 Å². The van der Waals surface area contributed by atoms with Crippen molar-refractivity contribution in [2.75, 3.05) is 19.8 Å². The van der Waals surface area contributed by atoms with Crippen molar-refractivity contribution in [2.45, 2.75) is 20.3 Å². The largest absolute Gasteiger partial charge is 0.556 e. The Hall–Kier alpha value is -0.600. The SMILES string of the molecule is C=CC(=O)CCOOP(=O)(OOCC)OOCC. The van der Waals surface area contributed by atoms with Crippen LogP contribution in [0.5, 0.6) is 0 Å². The summed E-state index contributed by atoms with van der Waals surface area (Å²) < 4.78 is 24.8. The van der Waals surface area contributed by atoms with Crippen molar-refractivity contribution < 1.29 is 38.0 Å². The number of carbonyl (C=O) groups excluding carboxylic acids is 1. The van der Waals surface area contributed by atoms with Gasteiger partial charge in [0.2, 0.25) is 0 Å². The second-order valence-electron chi connectivity index (χ2n) is 2.73. The zero-order chi connectivity index (χ0) is 13.9. The summed E-state index contributed by atoms with van der Waals surface area (Å²) in [5, 5.41) is 0. The fourth-order valence-corrected chi connectivity index (χ4v) is 1.37. The van der Waals surface area contributed by atoms with Gasteiger partial charge in [-0.1, -0.05) is 6.58 Å². The van der Waals surface area contributed by atoms with Crippen LogP contribution < -0.4 is 0 Å². The third-order valence-electron chi connectivity index (χ3n) is 1.33. The Morgan fingerprint density at radius 2 is 1.61 bits per heavy atom. The Balaban J connectivity index is 4.03. The van der Waals surface area contributed by atoms with Crippen molar-refractivity contribution in [1.82, 2.24) is 0 Å². The van der Waals surface area contributed by atoms with Crippen LogP contribution in [0.25, 0.3) is 0 Å². The highest BCUT2D eigenvalue weighted by atomic mass is 31.2. The highest BCUT2D eigenvalue weighted by molar-refractivity contribution is 7.48. The lowest BCUT2D eigenvalue weighted by atomic mass is 10.3. The van der Waals surface area contributed by atoms with E-state index in [0.717, 1.165) is 6.08 Å². The molecule has 0 saturated carbocycles. The third kappa shape index (κ3) is 8.48. The number of rotatable bonds is 12. The zero-order valence-corrected chi connectivity index (χ0v) is 11.2. The minimum Gasteiger partial charge on any atom is -0.295 e. The van der Waals surface area contributed by atoms with Gasteiger partial charge in [-0.05, 0) is 19.9 Å². The molecule has 0 N–H and O–H groups in total. The van der Waals surface area contributed by atoms with Gasteiger partial charge in [0, 0.05) is 6.42 Å². The second kappa shape index (κ2) is 10.3. The van der Waals surface area contributed by atoms with Crippen molar-refractivity contribution in [3.05, 3.63) is 12.7 Å². The molecule has 0 aliphatic rings. The Bertz CT molecular complexity index is 280. The van der Waals surface area contributed by atoms with Crippen LogP contribution in [0.1, 0.15) is 20.3 Å². The molecule has 0 fully saturated rings. The molecular weight excluding hydrogens is 267 g/mol. The van der Waals surface area contributed by atoms with Gasteiger partial charge in [-0.25, -0.2) is 19.2 Å². The fraction of sp³-hybridized carbons (Fsp3) is 0.667. The predicted molar refractivity (Wildman–Crippen MR) is 59.9 cm³/mol. The quantitative estimate of drug-likeness (QED) is 0.177. The summed E-state index contributed by atoms with van der Waals surface area (Å²) in [7, 11) is -4.12. The Labute approximate surface area is 105 Å². The first-order chi connectivity index (χ1) is 8.58. The zero-order valence-electron chi connectivity index (χ0n) is 10.3. The molecule has 0 aliphatic carbocycles. The maximum atomic E-state index is 11.7. The first-order valence-corrected chi connectivity index (χ1v) is 6.73. The molecule has 0 radical (unpaired) electrons. The molecule has 0 spiro atoms. The normalized spacial score (nSPS) is 11.4. The third-order valence-corrected chi connectivity index (χ3v) is 2.19. The average molecular weight is 284 g/mol. The van der Waals surface area contributed by atoms with E-state index in [1.54, 1.807) is 13.8 Å². The minimum absolute atomic E-state index is 0.0206. The van der Waals surface area contributed by atoms with Crippen LogP contribution >= 0.6 is 7.82 Å². The van der Waals surface area contributed by atoms with E-state index in [1.165, 1.54) is 0 Å². The molecule has 0 aromatic carbocycles. The van der Waals surface area contributed by atoms with Crippen LogP contribution in [0.2, 0.25) is 0 Å². The molecule has 9 heteroatoms. The van der Waals surface area contributed by atoms with Gasteiger partial charge in [-0.3, -0.25) is 4.79 Å². The van der Waals surface area contributed by atoms with Gasteiger partial charge in [0.25, 0.3) is 0 Å². The van der Waals surface area contributed by atoms with E-state index in [9.17, 15) is 9.36 Å². The molecule has 0 unspecified atom stereocenters. The van der Waals surface area contributed by atoms with Crippen LogP contribution in [-0.4, -0.2) is 25.6 Å². The number of carbonyl (C=O) groups is 1. The molecule has 0 saturated heterocycles. The van der Waals surface area contributed by atoms with E-state index in [1.807, 2.05) is 0 Å². The van der Waals surface area contributed by atoms with Gasteiger partial charge in [0.1, 0.15) is 0 Å². The molecule has 0 atom stereocenters. The lowest BCUT2D eigenvalue weighted by Gasteiger charge is -2.13. The summed E-state index contributed by atoms with van der Waals surface area (Å²) in [6.45, 7) is 6.60. The van der Waals surface area contributed by atoms with Crippen LogP contribution in [0.4, 0.5) is 0 Å². The second-order valence-corrected chi connectivity index (χ2v) is 4.07. The lowest BCUT2D eigenvalue weighted by molar-refractivity contribution is -0.322. The Kier molecular flexibility index (Phi) is 9.99. The van der Waals surface area contributed by atoms with Crippen molar-refractivity contribution >= 4 is 13.6 Å². The standard InChI is InChI=1S/C9H17O8P/c1-4-9(10)7-8-14-17-18(11,15-12-5-2)16-13-6-3/h4H,1,5-8H2,2-3H3. The molecular formula is C9H17O8P. The van der Waals surface area contributed by atoms with E-state index in [0.29, 0.717) is 0 Å². The molecule has 8 nitrogen and oxygen atoms in total. The van der Waals surface area contributed by atoms with Gasteiger partial charge in [0.05, 0.1) is 19.8 Å². The average Bonchev–Trinajstić information content (AvgIpc) is 2.39. The van der Waals surface area contributed by atoms with Gasteiger partial charge in [-0.15, -0.1) is 14.0 Å². The number of ketones is 1. The van der Waals surface area contributed by atoms with E-state index >= 15 is 0 Å². The van der Waals surface area contributed by atoms with Crippen LogP contribution in [0, 0.1) is 0 Å². The molecule has 0 aliphatic heterocycles. The molecule has 106 valence electrons. The molecule has 0 rings (SSSR count). The molecule has 0 bridgehead atoms. The molecule has 0 heterocycles. The first-order valence-electron chi connectivity index (χ1n) is 5.27. The number of allylic oxidation sites excluding steroid dienone is 1. The highest BCUT2D eigenvalue weighted by Crippen LogP contribution is 2.50. The fourth-order valence-electron chi connectivity index (χ4n) is 0.618. The minimum atomic E-state index is -4.12. The smallest absolute Gasteiger partial charge is 0.295 e. The Morgan fingerprint density at radius 1 is 1.11 bits per heavy atom. The lowest BCUT2D eigenvalue weighted by Crippen LogP contribution is -2.06. The number of phosphoric acid groups is 1. The van der Waals surface area contributed by atoms with Crippen LogP contribution in [-0.2, 0) is 38.0 Å². The van der Waals surface area contributed by atoms with Crippen LogP contribution in [0.15, 0.2) is 12.7 Å². The van der Waals surface area contributed by atoms with Crippen molar-refractivity contribution in [3.8, 4) is 0 Å². The summed E-state index contributed by atoms with van der Waals surface area (Å²) in [6, 6.07) is 0. The predicted octanol–water partition coefficient (Wildman–Crippen LogP) is 2.12. The molecule has 18 heavy (non-hydrogen) atoms. The maximum absolute atomic E-state index is 11.7. The molecule has 0 aromatic rings. The molecule has 0 aromatic heterocycles. The highest BCUT2D eigenvalue weighted by Gasteiger charge is 2.32. The number of hydrogen-bond acceptors (Lipinski definition) is 8. The summed E-state index contributed by atoms with van der Waals surface area (Å²) in [5.41, 5.74) is 0. The van der Waals surface area contributed by atoms with E-state index in [2.05, 4.69) is 35.3 Å². The Morgan fingerprint density at radius 3 is 2.06 bits per heavy atom. The summed E-state index contributed by atoms with van der Waals surface area (Å²) in [5.74, 6) is -0.245. The monoisotopic (exact) mass is 284 g/mol. The topological polar surface area (TPSA) is 89.5 Å². The summed E-state index contributed by atoms with van der Waals surface area (Å²) in [4.78, 5) is 24.2. The first kappa shape index (κ1) is 17.4. The number of hydrogen-bond donors (Lipinski definition) is 0. The maximum Gasteiger partial charge on any atom is 0.556 e. The van der Waals surface area contributed by atoms with E-state index in [4.69, 9.17) is 0 Å². The van der Waals surface area contributed by atoms with E-state index < -0.39 is 7.82 Å². The van der Waals surface area contributed by atoms with Gasteiger partial charge < -0.3 is 0 Å². The summed E-state index contributed by atoms with van der Waals surface area (Å²) >= 11 is 0. The van der Waals surface area contributed by atoms with E-state index in [-0.39, 0.29) is 32.0 Å². The van der Waals surface area contributed by atoms with Crippen LogP contribution in [0.3, 0.4) is 0 Å². The van der Waals surface area contributed by atoms with Crippen molar-refractivity contribution in [1.29, 1.82) is 0 Å². The van der Waals surface area contributed by atoms with Gasteiger partial charge in [0.15, 0.2) is 5.78 Å². The summed E-state index contributed by atoms with van der Waals surface area (Å²) in [6.07, 6.45) is 1.16. The van der Waals surface area contributed by atoms with Gasteiger partial charge in [-0.2, -0.15) is 0 Å².